The molecule has 8 nitrogen and oxygen atoms in total. The molecule has 38 heavy (non-hydrogen) atoms. The Bertz CT molecular complexity index is 1290. The lowest BCUT2D eigenvalue weighted by Gasteiger charge is -2.50. The van der Waals surface area contributed by atoms with Crippen molar-refractivity contribution in [3.63, 3.8) is 0 Å². The molecule has 6 rings (SSSR count). The van der Waals surface area contributed by atoms with Gasteiger partial charge in [-0.25, -0.2) is 0 Å². The zero-order valence-electron chi connectivity index (χ0n) is 21.3. The van der Waals surface area contributed by atoms with Crippen LogP contribution in [-0.2, 0) is 19.2 Å². The van der Waals surface area contributed by atoms with Gasteiger partial charge in [-0.15, -0.1) is 23.2 Å². The second kappa shape index (κ2) is 8.71. The lowest BCUT2D eigenvalue weighted by molar-refractivity contribution is -0.144. The molecule has 0 radical (unpaired) electrons. The van der Waals surface area contributed by atoms with Crippen molar-refractivity contribution in [2.75, 3.05) is 14.2 Å². The maximum absolute atomic E-state index is 14.0. The van der Waals surface area contributed by atoms with Crippen molar-refractivity contribution >= 4 is 46.8 Å². The largest absolute Gasteiger partial charge is 0.508 e. The number of aromatic hydroxyl groups is 1. The van der Waals surface area contributed by atoms with E-state index in [1.54, 1.807) is 12.1 Å². The van der Waals surface area contributed by atoms with Gasteiger partial charge in [-0.05, 0) is 49.8 Å². The van der Waals surface area contributed by atoms with E-state index in [2.05, 4.69) is 0 Å². The van der Waals surface area contributed by atoms with Gasteiger partial charge in [0.05, 0.1) is 18.9 Å². The molecule has 3 aliphatic carbocycles. The summed E-state index contributed by atoms with van der Waals surface area (Å²) in [6.45, 7) is 0. The lowest BCUT2D eigenvalue weighted by Crippen LogP contribution is -2.60. The second-order valence-corrected chi connectivity index (χ2v) is 12.5. The minimum absolute atomic E-state index is 0.0568. The van der Waals surface area contributed by atoms with E-state index >= 15 is 0 Å². The van der Waals surface area contributed by atoms with Crippen molar-refractivity contribution in [2.24, 2.45) is 17.8 Å². The average molecular weight is 561 g/mol. The number of allylic oxidation sites excluding steroid dienone is 2. The minimum Gasteiger partial charge on any atom is -0.508 e. The number of alkyl halides is 2. The van der Waals surface area contributed by atoms with Crippen LogP contribution in [0.4, 0.5) is 0 Å². The summed E-state index contributed by atoms with van der Waals surface area (Å²) in [5, 5.41) is 11.0. The number of methoxy groups -OCH3 is 1. The van der Waals surface area contributed by atoms with E-state index in [0.717, 1.165) is 37.0 Å². The maximum atomic E-state index is 14.0. The van der Waals surface area contributed by atoms with E-state index in [-0.39, 0.29) is 35.6 Å². The summed E-state index contributed by atoms with van der Waals surface area (Å²) in [6, 6.07) is 4.49. The first-order chi connectivity index (χ1) is 18.1. The van der Waals surface area contributed by atoms with Gasteiger partial charge in [-0.3, -0.25) is 29.0 Å². The highest BCUT2D eigenvalue weighted by Gasteiger charge is 2.76. The summed E-state index contributed by atoms with van der Waals surface area (Å²) >= 11 is 14.3. The highest BCUT2D eigenvalue weighted by atomic mass is 35.5. The van der Waals surface area contributed by atoms with Crippen LogP contribution in [0, 0.1) is 17.8 Å². The molecule has 2 saturated carbocycles. The SMILES string of the molecule is COc1ccc(O)c(C2C3=CCC4C(=O)N(C5CCCCC5)C(=O)C4C3CC3(Cl)C(=O)N(C)C(=O)C23Cl)c1. The average Bonchev–Trinajstić information content (AvgIpc) is 3.24. The van der Waals surface area contributed by atoms with Gasteiger partial charge in [0.25, 0.3) is 11.8 Å². The number of phenolic OH excluding ortho intramolecular Hbond substituents is 1. The number of likely N-dealkylation sites (tertiary alicyclic amines) is 2. The first kappa shape index (κ1) is 25.7. The molecule has 6 unspecified atom stereocenters. The fourth-order valence-electron chi connectivity index (χ4n) is 7.70. The molecule has 10 heteroatoms. The Hall–Kier alpha value is -2.58. The van der Waals surface area contributed by atoms with Crippen molar-refractivity contribution < 1.29 is 29.0 Å². The number of halogens is 2. The number of fused-ring (bicyclic) bond motifs is 4. The number of hydrogen-bond acceptors (Lipinski definition) is 6. The molecule has 1 N–H and O–H groups in total. The van der Waals surface area contributed by atoms with Crippen LogP contribution in [0.15, 0.2) is 29.8 Å². The molecular weight excluding hydrogens is 531 g/mol. The van der Waals surface area contributed by atoms with Crippen LogP contribution >= 0.6 is 23.2 Å². The van der Waals surface area contributed by atoms with Gasteiger partial charge < -0.3 is 9.84 Å². The number of hydrogen-bond donors (Lipinski definition) is 1. The van der Waals surface area contributed by atoms with E-state index in [0.29, 0.717) is 17.7 Å². The van der Waals surface area contributed by atoms with Crippen LogP contribution in [0.5, 0.6) is 11.5 Å². The molecule has 4 fully saturated rings. The van der Waals surface area contributed by atoms with E-state index in [4.69, 9.17) is 27.9 Å². The number of phenols is 1. The summed E-state index contributed by atoms with van der Waals surface area (Å²) in [6.07, 6.45) is 6.77. The van der Waals surface area contributed by atoms with Gasteiger partial charge in [0.2, 0.25) is 11.8 Å². The van der Waals surface area contributed by atoms with Crippen LogP contribution in [0.1, 0.15) is 56.4 Å². The Morgan fingerprint density at radius 1 is 1.00 bits per heavy atom. The normalized spacial score (nSPS) is 37.2. The molecule has 2 aliphatic heterocycles. The van der Waals surface area contributed by atoms with Crippen molar-refractivity contribution in [3.05, 3.63) is 35.4 Å². The number of amides is 4. The standard InChI is InChI=1S/C28H30Cl2N2O6/c1-31-25(36)27(29)13-19-16(22(28(27,30)26(31)37)18-12-15(38-2)8-11-20(18)33)9-10-17-21(19)24(35)32(23(17)34)14-6-4-3-5-7-14/h8-9,11-12,14,17,19,21-22,33H,3-7,10,13H2,1-2H3. The van der Waals surface area contributed by atoms with Gasteiger partial charge in [0, 0.05) is 24.6 Å². The van der Waals surface area contributed by atoms with E-state index in [1.807, 2.05) is 6.08 Å². The van der Waals surface area contributed by atoms with Crippen LogP contribution in [0.2, 0.25) is 0 Å². The van der Waals surface area contributed by atoms with E-state index < -0.39 is 45.2 Å². The van der Waals surface area contributed by atoms with Gasteiger partial charge >= 0.3 is 0 Å². The predicted molar refractivity (Wildman–Crippen MR) is 139 cm³/mol. The van der Waals surface area contributed by atoms with Crippen LogP contribution in [-0.4, -0.2) is 68.5 Å². The summed E-state index contributed by atoms with van der Waals surface area (Å²) in [7, 11) is 2.82. The Morgan fingerprint density at radius 3 is 2.39 bits per heavy atom. The minimum atomic E-state index is -1.94. The molecule has 2 heterocycles. The van der Waals surface area contributed by atoms with Crippen LogP contribution in [0.25, 0.3) is 0 Å². The Morgan fingerprint density at radius 2 is 1.71 bits per heavy atom. The summed E-state index contributed by atoms with van der Waals surface area (Å²) in [4.78, 5) is 53.3. The highest BCUT2D eigenvalue weighted by Crippen LogP contribution is 2.66. The molecule has 0 bridgehead atoms. The van der Waals surface area contributed by atoms with Crippen LogP contribution in [0.3, 0.4) is 0 Å². The lowest BCUT2D eigenvalue weighted by atomic mass is 9.56. The monoisotopic (exact) mass is 560 g/mol. The number of rotatable bonds is 3. The number of ether oxygens (including phenoxy) is 1. The highest BCUT2D eigenvalue weighted by molar-refractivity contribution is 6.53. The van der Waals surface area contributed by atoms with Crippen molar-refractivity contribution in [3.8, 4) is 11.5 Å². The number of imide groups is 2. The zero-order chi connectivity index (χ0) is 27.1. The predicted octanol–water partition coefficient (Wildman–Crippen LogP) is 3.72. The molecule has 6 atom stereocenters. The summed E-state index contributed by atoms with van der Waals surface area (Å²) < 4.78 is 5.38. The summed E-state index contributed by atoms with van der Waals surface area (Å²) in [5.74, 6) is -4.27. The topological polar surface area (TPSA) is 104 Å². The summed E-state index contributed by atoms with van der Waals surface area (Å²) in [5.41, 5.74) is 0.945. The molecule has 202 valence electrons. The Balaban J connectivity index is 1.51. The first-order valence-corrected chi connectivity index (χ1v) is 14.0. The molecular formula is C28H30Cl2N2O6. The number of nitrogens with zero attached hydrogens (tertiary/aromatic N) is 2. The van der Waals surface area contributed by atoms with Crippen molar-refractivity contribution in [1.82, 2.24) is 9.80 Å². The van der Waals surface area contributed by atoms with Crippen LogP contribution < -0.4 is 4.74 Å². The Kier molecular flexibility index (Phi) is 5.89. The van der Waals surface area contributed by atoms with Crippen molar-refractivity contribution in [2.45, 2.75) is 66.7 Å². The first-order valence-electron chi connectivity index (χ1n) is 13.2. The molecule has 0 spiro atoms. The quantitative estimate of drug-likeness (QED) is 0.343. The number of carbonyl (C=O) groups excluding carboxylic acids is 4. The fraction of sp³-hybridized carbons (Fsp3) is 0.571. The van der Waals surface area contributed by atoms with E-state index in [1.165, 1.54) is 25.1 Å². The van der Waals surface area contributed by atoms with Gasteiger partial charge in [-0.2, -0.15) is 0 Å². The third kappa shape index (κ3) is 3.16. The maximum Gasteiger partial charge on any atom is 0.253 e. The van der Waals surface area contributed by atoms with Gasteiger partial charge in [-0.1, -0.05) is 30.9 Å². The number of carbonyl (C=O) groups is 4. The molecule has 1 aromatic carbocycles. The smallest absolute Gasteiger partial charge is 0.253 e. The molecule has 0 aromatic heterocycles. The molecule has 2 saturated heterocycles. The molecule has 1 aromatic rings. The molecule has 5 aliphatic rings. The third-order valence-electron chi connectivity index (χ3n) is 9.53. The zero-order valence-corrected chi connectivity index (χ0v) is 22.8. The van der Waals surface area contributed by atoms with Gasteiger partial charge in [0.15, 0.2) is 9.75 Å². The van der Waals surface area contributed by atoms with Gasteiger partial charge in [0.1, 0.15) is 11.5 Å². The van der Waals surface area contributed by atoms with E-state index in [9.17, 15) is 24.3 Å². The van der Waals surface area contributed by atoms with Crippen molar-refractivity contribution in [1.29, 1.82) is 0 Å². The second-order valence-electron chi connectivity index (χ2n) is 11.3. The Labute approximate surface area is 230 Å². The fourth-order valence-corrected chi connectivity index (χ4v) is 8.72. The molecule has 4 amide bonds. The third-order valence-corrected chi connectivity index (χ3v) is 10.9. The number of benzene rings is 1.